The number of nitrogens with zero attached hydrogens (tertiary/aromatic N) is 6. The zero-order chi connectivity index (χ0) is 20.9. The first-order valence-corrected chi connectivity index (χ1v) is 10.9. The van der Waals surface area contributed by atoms with E-state index >= 15 is 0 Å². The number of nitrogens with one attached hydrogen (secondary N) is 1. The Morgan fingerprint density at radius 1 is 1.20 bits per heavy atom. The summed E-state index contributed by atoms with van der Waals surface area (Å²) in [5.41, 5.74) is 2.60. The molecule has 1 N–H and O–H groups in total. The van der Waals surface area contributed by atoms with Crippen LogP contribution in [0.2, 0.25) is 0 Å². The molecule has 0 spiro atoms. The molecule has 2 aromatic rings. The van der Waals surface area contributed by atoms with Gasteiger partial charge in [-0.2, -0.15) is 0 Å². The fourth-order valence-electron chi connectivity index (χ4n) is 4.01. The molecular weight excluding hydrogens is 378 g/mol. The molecule has 2 aliphatic heterocycles. The minimum absolute atomic E-state index is 0.279. The lowest BCUT2D eigenvalue weighted by molar-refractivity contribution is 0.113. The van der Waals surface area contributed by atoms with Crippen molar-refractivity contribution in [1.82, 2.24) is 25.0 Å². The smallest absolute Gasteiger partial charge is 0.194 e. The van der Waals surface area contributed by atoms with Crippen LogP contribution in [0.15, 0.2) is 29.3 Å². The Bertz CT molecular complexity index is 864. The van der Waals surface area contributed by atoms with Crippen molar-refractivity contribution in [3.05, 3.63) is 41.5 Å². The van der Waals surface area contributed by atoms with Crippen molar-refractivity contribution in [2.75, 3.05) is 44.2 Å². The van der Waals surface area contributed by atoms with Crippen molar-refractivity contribution in [2.45, 2.75) is 39.3 Å². The van der Waals surface area contributed by atoms with Gasteiger partial charge in [-0.15, -0.1) is 10.2 Å². The van der Waals surface area contributed by atoms with E-state index in [2.05, 4.69) is 56.5 Å². The summed E-state index contributed by atoms with van der Waals surface area (Å²) in [7, 11) is 1.99. The van der Waals surface area contributed by atoms with Gasteiger partial charge in [0.05, 0.1) is 6.10 Å². The average molecular weight is 412 g/mol. The van der Waals surface area contributed by atoms with Crippen LogP contribution in [0, 0.1) is 13.8 Å². The molecule has 0 aliphatic carbocycles. The highest BCUT2D eigenvalue weighted by Gasteiger charge is 2.22. The molecule has 0 amide bonds. The van der Waals surface area contributed by atoms with E-state index in [4.69, 9.17) is 9.73 Å². The molecule has 162 valence electrons. The molecule has 2 saturated heterocycles. The van der Waals surface area contributed by atoms with Gasteiger partial charge in [-0.05, 0) is 44.4 Å². The third-order valence-electron chi connectivity index (χ3n) is 6.01. The standard InChI is InChI=1S/C22H33N7O/c1-17-6-4-7-19(14-17)28-9-11-29(12-10-28)22(23-15-20-8-5-13-30-20)24-16-21-26-25-18(2)27(21)3/h4,6-7,14,20H,5,8-13,15-16H2,1-3H3,(H,23,24). The Balaban J connectivity index is 1.42. The Kier molecular flexibility index (Phi) is 6.52. The van der Waals surface area contributed by atoms with Crippen molar-refractivity contribution >= 4 is 11.6 Å². The molecule has 1 aromatic carbocycles. The molecule has 8 nitrogen and oxygen atoms in total. The second-order valence-electron chi connectivity index (χ2n) is 8.19. The number of piperazine rings is 1. The van der Waals surface area contributed by atoms with E-state index in [0.29, 0.717) is 6.54 Å². The Labute approximate surface area is 178 Å². The summed E-state index contributed by atoms with van der Waals surface area (Å²) in [5, 5.41) is 12.0. The first-order chi connectivity index (χ1) is 14.6. The molecule has 8 heteroatoms. The highest BCUT2D eigenvalue weighted by atomic mass is 16.5. The zero-order valence-corrected chi connectivity index (χ0v) is 18.3. The molecular formula is C22H33N7O. The van der Waals surface area contributed by atoms with Gasteiger partial charge in [0.25, 0.3) is 0 Å². The van der Waals surface area contributed by atoms with E-state index in [0.717, 1.165) is 69.8 Å². The predicted octanol–water partition coefficient (Wildman–Crippen LogP) is 1.88. The predicted molar refractivity (Wildman–Crippen MR) is 119 cm³/mol. The number of aromatic nitrogens is 3. The van der Waals surface area contributed by atoms with E-state index in [1.165, 1.54) is 11.3 Å². The van der Waals surface area contributed by atoms with Gasteiger partial charge in [-0.1, -0.05) is 12.1 Å². The summed E-state index contributed by atoms with van der Waals surface area (Å²) >= 11 is 0. The van der Waals surface area contributed by atoms with Gasteiger partial charge in [0.15, 0.2) is 11.8 Å². The maximum absolute atomic E-state index is 5.79. The lowest BCUT2D eigenvalue weighted by Crippen LogP contribution is -2.53. The molecule has 1 atom stereocenters. The maximum Gasteiger partial charge on any atom is 0.194 e. The zero-order valence-electron chi connectivity index (χ0n) is 18.3. The monoisotopic (exact) mass is 411 g/mol. The van der Waals surface area contributed by atoms with E-state index < -0.39 is 0 Å². The number of aryl methyl sites for hydroxylation is 2. The van der Waals surface area contributed by atoms with Gasteiger partial charge in [0.2, 0.25) is 0 Å². The molecule has 2 aliphatic rings. The molecule has 1 aromatic heterocycles. The van der Waals surface area contributed by atoms with Gasteiger partial charge >= 0.3 is 0 Å². The maximum atomic E-state index is 5.79. The summed E-state index contributed by atoms with van der Waals surface area (Å²) < 4.78 is 7.79. The molecule has 3 heterocycles. The first kappa shape index (κ1) is 20.7. The first-order valence-electron chi connectivity index (χ1n) is 10.9. The number of anilines is 1. The normalized spacial score (nSPS) is 20.1. The summed E-state index contributed by atoms with van der Waals surface area (Å²) in [6, 6.07) is 8.74. The summed E-state index contributed by atoms with van der Waals surface area (Å²) in [6.45, 7) is 10.1. The van der Waals surface area contributed by atoms with E-state index in [-0.39, 0.29) is 6.10 Å². The molecule has 0 bridgehead atoms. The largest absolute Gasteiger partial charge is 0.376 e. The second-order valence-corrected chi connectivity index (χ2v) is 8.19. The number of aliphatic imine (C=N–C) groups is 1. The van der Waals surface area contributed by atoms with Crippen LogP contribution >= 0.6 is 0 Å². The molecule has 1 unspecified atom stereocenters. The lowest BCUT2D eigenvalue weighted by Gasteiger charge is -2.38. The molecule has 4 rings (SSSR count). The van der Waals surface area contributed by atoms with Crippen LogP contribution in [0.4, 0.5) is 5.69 Å². The number of hydrogen-bond acceptors (Lipinski definition) is 5. The third kappa shape index (κ3) is 4.92. The highest BCUT2D eigenvalue weighted by Crippen LogP contribution is 2.18. The van der Waals surface area contributed by atoms with E-state index in [1.54, 1.807) is 0 Å². The Morgan fingerprint density at radius 3 is 2.70 bits per heavy atom. The Hall–Kier alpha value is -2.61. The van der Waals surface area contributed by atoms with Crippen LogP contribution in [0.3, 0.4) is 0 Å². The second kappa shape index (κ2) is 9.47. The van der Waals surface area contributed by atoms with E-state index in [1.807, 2.05) is 18.5 Å². The minimum Gasteiger partial charge on any atom is -0.376 e. The number of guanidine groups is 1. The number of benzene rings is 1. The van der Waals surface area contributed by atoms with Crippen LogP contribution < -0.4 is 10.2 Å². The number of ether oxygens (including phenoxy) is 1. The van der Waals surface area contributed by atoms with Crippen molar-refractivity contribution in [1.29, 1.82) is 0 Å². The molecule has 30 heavy (non-hydrogen) atoms. The number of rotatable bonds is 5. The van der Waals surface area contributed by atoms with Crippen LogP contribution in [-0.2, 0) is 18.3 Å². The van der Waals surface area contributed by atoms with Gasteiger partial charge < -0.3 is 24.4 Å². The Morgan fingerprint density at radius 2 is 2.03 bits per heavy atom. The van der Waals surface area contributed by atoms with Gasteiger partial charge in [-0.3, -0.25) is 0 Å². The van der Waals surface area contributed by atoms with Crippen LogP contribution in [0.1, 0.15) is 30.1 Å². The van der Waals surface area contributed by atoms with Gasteiger partial charge in [0.1, 0.15) is 12.4 Å². The summed E-state index contributed by atoms with van der Waals surface area (Å²) in [6.07, 6.45) is 2.54. The molecule has 0 radical (unpaired) electrons. The lowest BCUT2D eigenvalue weighted by atomic mass is 10.2. The minimum atomic E-state index is 0.279. The van der Waals surface area contributed by atoms with E-state index in [9.17, 15) is 0 Å². The topological polar surface area (TPSA) is 70.8 Å². The van der Waals surface area contributed by atoms with Crippen molar-refractivity contribution in [3.8, 4) is 0 Å². The fourth-order valence-corrected chi connectivity index (χ4v) is 4.01. The van der Waals surface area contributed by atoms with Crippen molar-refractivity contribution in [2.24, 2.45) is 12.0 Å². The quantitative estimate of drug-likeness (QED) is 0.598. The van der Waals surface area contributed by atoms with Crippen LogP contribution in [0.5, 0.6) is 0 Å². The van der Waals surface area contributed by atoms with Crippen LogP contribution in [-0.4, -0.2) is 71.1 Å². The van der Waals surface area contributed by atoms with Gasteiger partial charge in [0, 0.05) is 52.1 Å². The third-order valence-corrected chi connectivity index (χ3v) is 6.01. The SMILES string of the molecule is Cc1cccc(N2CCN(C(=NCc3nnc(C)n3C)NCC3CCCO3)CC2)c1. The average Bonchev–Trinajstić information content (AvgIpc) is 3.39. The van der Waals surface area contributed by atoms with Gasteiger partial charge in [-0.25, -0.2) is 4.99 Å². The fraction of sp³-hybridized carbons (Fsp3) is 0.591. The molecule has 0 saturated carbocycles. The van der Waals surface area contributed by atoms with Crippen molar-refractivity contribution < 1.29 is 4.74 Å². The summed E-state index contributed by atoms with van der Waals surface area (Å²) in [4.78, 5) is 9.70. The number of hydrogen-bond donors (Lipinski definition) is 1. The summed E-state index contributed by atoms with van der Waals surface area (Å²) in [5.74, 6) is 2.72. The van der Waals surface area contributed by atoms with Crippen molar-refractivity contribution in [3.63, 3.8) is 0 Å². The highest BCUT2D eigenvalue weighted by molar-refractivity contribution is 5.80. The van der Waals surface area contributed by atoms with Crippen LogP contribution in [0.25, 0.3) is 0 Å². The molecule has 2 fully saturated rings.